The Morgan fingerprint density at radius 3 is 2.15 bits per heavy atom. The van der Waals surface area contributed by atoms with E-state index in [0.29, 0.717) is 5.95 Å². The highest BCUT2D eigenvalue weighted by Gasteiger charge is 2.51. The molecule has 1 aliphatic heterocycles. The molecule has 1 aromatic heterocycles. The van der Waals surface area contributed by atoms with Gasteiger partial charge in [-0.2, -0.15) is 0 Å². The van der Waals surface area contributed by atoms with E-state index in [1.165, 1.54) is 0 Å². The third kappa shape index (κ3) is 4.01. The summed E-state index contributed by atoms with van der Waals surface area (Å²) < 4.78 is 12.1. The van der Waals surface area contributed by atoms with Gasteiger partial charge < -0.3 is 19.9 Å². The Kier molecular flexibility index (Phi) is 5.26. The van der Waals surface area contributed by atoms with Gasteiger partial charge >= 0.3 is 7.12 Å². The molecule has 2 fully saturated rings. The highest BCUT2D eigenvalue weighted by molar-refractivity contribution is 6.61. The summed E-state index contributed by atoms with van der Waals surface area (Å²) in [5.74, 6) is 0.563. The number of hydrogen-bond donors (Lipinski definition) is 2. The quantitative estimate of drug-likeness (QED) is 0.794. The first kappa shape index (κ1) is 19.1. The van der Waals surface area contributed by atoms with Crippen LogP contribution in [0.15, 0.2) is 12.4 Å². The van der Waals surface area contributed by atoms with Crippen molar-refractivity contribution in [3.05, 3.63) is 12.4 Å². The van der Waals surface area contributed by atoms with Gasteiger partial charge in [-0.15, -0.1) is 0 Å². The molecule has 0 spiro atoms. The van der Waals surface area contributed by atoms with Crippen molar-refractivity contribution in [1.82, 2.24) is 15.3 Å². The van der Waals surface area contributed by atoms with Crippen LogP contribution in [0, 0.1) is 0 Å². The maximum absolute atomic E-state index is 11.4. The van der Waals surface area contributed by atoms with Crippen molar-refractivity contribution in [2.24, 2.45) is 0 Å². The highest BCUT2D eigenvalue weighted by atomic mass is 16.7. The summed E-state index contributed by atoms with van der Waals surface area (Å²) in [4.78, 5) is 20.3. The Hall–Kier alpha value is -1.67. The summed E-state index contributed by atoms with van der Waals surface area (Å²) in [5.41, 5.74) is 0.0288. The molecule has 2 atom stereocenters. The molecule has 0 bridgehead atoms. The molecule has 2 unspecified atom stereocenters. The van der Waals surface area contributed by atoms with E-state index in [2.05, 4.69) is 20.6 Å². The van der Waals surface area contributed by atoms with Crippen LogP contribution in [0.4, 0.5) is 5.95 Å². The average Bonchev–Trinajstić information content (AvgIpc) is 2.77. The third-order valence-corrected chi connectivity index (χ3v) is 5.67. The molecule has 8 heteroatoms. The molecule has 26 heavy (non-hydrogen) atoms. The Balaban J connectivity index is 1.65. The molecule has 2 aliphatic rings. The largest absolute Gasteiger partial charge is 0.498 e. The SMILES string of the molecule is CC(=O)NC1CCCCC1Nc1ncc(B2OC(C)(C)C(C)(C)O2)cn1. The molecular formula is C18H29BN4O3. The fraction of sp³-hybridized carbons (Fsp3) is 0.722. The second kappa shape index (κ2) is 7.16. The van der Waals surface area contributed by atoms with Crippen LogP contribution in [0.5, 0.6) is 0 Å². The predicted molar refractivity (Wildman–Crippen MR) is 101 cm³/mol. The summed E-state index contributed by atoms with van der Waals surface area (Å²) in [6.07, 6.45) is 7.72. The van der Waals surface area contributed by atoms with E-state index in [1.807, 2.05) is 27.7 Å². The number of carbonyl (C=O) groups is 1. The maximum atomic E-state index is 11.4. The molecule has 1 aliphatic carbocycles. The summed E-state index contributed by atoms with van der Waals surface area (Å²) in [7, 11) is -0.462. The first-order chi connectivity index (χ1) is 12.2. The Morgan fingerprint density at radius 1 is 1.08 bits per heavy atom. The summed E-state index contributed by atoms with van der Waals surface area (Å²) in [6, 6.07) is 0.267. The minimum atomic E-state index is -0.462. The zero-order valence-electron chi connectivity index (χ0n) is 16.3. The fourth-order valence-corrected chi connectivity index (χ4v) is 3.42. The second-order valence-corrected chi connectivity index (χ2v) is 8.27. The molecule has 7 nitrogen and oxygen atoms in total. The van der Waals surface area contributed by atoms with Crippen molar-refractivity contribution < 1.29 is 14.1 Å². The molecule has 1 aromatic rings. The molecule has 2 heterocycles. The fourth-order valence-electron chi connectivity index (χ4n) is 3.42. The standard InChI is InChI=1S/C18H29BN4O3/c1-12(24)22-14-8-6-7-9-15(14)23-16-20-10-13(11-21-16)19-25-17(2,3)18(4,5)26-19/h10-11,14-15H,6-9H2,1-5H3,(H,22,24)(H,20,21,23). The van der Waals surface area contributed by atoms with Gasteiger partial charge in [-0.3, -0.25) is 4.79 Å². The van der Waals surface area contributed by atoms with Crippen molar-refractivity contribution in [2.75, 3.05) is 5.32 Å². The van der Waals surface area contributed by atoms with E-state index in [0.717, 1.165) is 31.1 Å². The van der Waals surface area contributed by atoms with Gasteiger partial charge in [0.2, 0.25) is 11.9 Å². The van der Waals surface area contributed by atoms with E-state index in [-0.39, 0.29) is 29.2 Å². The van der Waals surface area contributed by atoms with E-state index >= 15 is 0 Å². The van der Waals surface area contributed by atoms with Crippen LogP contribution in [0.2, 0.25) is 0 Å². The molecule has 0 aromatic carbocycles. The molecular weight excluding hydrogens is 331 g/mol. The van der Waals surface area contributed by atoms with Crippen molar-refractivity contribution in [2.45, 2.75) is 83.6 Å². The zero-order chi connectivity index (χ0) is 18.9. The van der Waals surface area contributed by atoms with Gasteiger partial charge in [0.25, 0.3) is 0 Å². The summed E-state index contributed by atoms with van der Waals surface area (Å²) in [6.45, 7) is 9.65. The van der Waals surface area contributed by atoms with Crippen molar-refractivity contribution in [3.63, 3.8) is 0 Å². The Morgan fingerprint density at radius 2 is 1.62 bits per heavy atom. The average molecular weight is 360 g/mol. The topological polar surface area (TPSA) is 85.4 Å². The Bertz CT molecular complexity index is 634. The van der Waals surface area contributed by atoms with Crippen LogP contribution in [0.3, 0.4) is 0 Å². The number of rotatable bonds is 4. The third-order valence-electron chi connectivity index (χ3n) is 5.67. The van der Waals surface area contributed by atoms with Gasteiger partial charge in [-0.1, -0.05) is 12.8 Å². The molecule has 142 valence electrons. The van der Waals surface area contributed by atoms with Crippen molar-refractivity contribution >= 4 is 24.4 Å². The highest BCUT2D eigenvalue weighted by Crippen LogP contribution is 2.36. The van der Waals surface area contributed by atoms with E-state index < -0.39 is 7.12 Å². The lowest BCUT2D eigenvalue weighted by Crippen LogP contribution is -2.48. The number of amides is 1. The summed E-state index contributed by atoms with van der Waals surface area (Å²) >= 11 is 0. The van der Waals surface area contributed by atoms with Crippen LogP contribution in [-0.4, -0.2) is 46.3 Å². The number of anilines is 1. The monoisotopic (exact) mass is 360 g/mol. The van der Waals surface area contributed by atoms with Crippen LogP contribution in [0.25, 0.3) is 0 Å². The van der Waals surface area contributed by atoms with Gasteiger partial charge in [0.1, 0.15) is 0 Å². The van der Waals surface area contributed by atoms with Crippen LogP contribution in [0.1, 0.15) is 60.3 Å². The molecule has 1 amide bonds. The summed E-state index contributed by atoms with van der Waals surface area (Å²) in [5, 5.41) is 6.40. The first-order valence-corrected chi connectivity index (χ1v) is 9.39. The smallest absolute Gasteiger partial charge is 0.399 e. The molecule has 2 N–H and O–H groups in total. The van der Waals surface area contributed by atoms with Crippen molar-refractivity contribution in [1.29, 1.82) is 0 Å². The molecule has 1 saturated heterocycles. The zero-order valence-corrected chi connectivity index (χ0v) is 16.3. The maximum Gasteiger partial charge on any atom is 0.498 e. The lowest BCUT2D eigenvalue weighted by Gasteiger charge is -2.32. The number of aromatic nitrogens is 2. The van der Waals surface area contributed by atoms with Gasteiger partial charge in [0, 0.05) is 36.9 Å². The number of carbonyl (C=O) groups excluding carboxylic acids is 1. The normalized spacial score (nSPS) is 27.2. The number of hydrogen-bond acceptors (Lipinski definition) is 6. The minimum Gasteiger partial charge on any atom is -0.399 e. The number of nitrogens with zero attached hydrogens (tertiary/aromatic N) is 2. The van der Waals surface area contributed by atoms with Crippen LogP contribution >= 0.6 is 0 Å². The molecule has 1 saturated carbocycles. The van der Waals surface area contributed by atoms with E-state index in [4.69, 9.17) is 9.31 Å². The van der Waals surface area contributed by atoms with Crippen molar-refractivity contribution in [3.8, 4) is 0 Å². The van der Waals surface area contributed by atoms with Gasteiger partial charge in [0.15, 0.2) is 0 Å². The lowest BCUT2D eigenvalue weighted by atomic mass is 9.81. The molecule has 0 radical (unpaired) electrons. The van der Waals surface area contributed by atoms with Crippen LogP contribution in [-0.2, 0) is 14.1 Å². The lowest BCUT2D eigenvalue weighted by molar-refractivity contribution is -0.119. The van der Waals surface area contributed by atoms with Gasteiger partial charge in [0.05, 0.1) is 11.2 Å². The Labute approximate surface area is 155 Å². The number of nitrogens with one attached hydrogen (secondary N) is 2. The van der Waals surface area contributed by atoms with E-state index in [1.54, 1.807) is 19.3 Å². The van der Waals surface area contributed by atoms with Gasteiger partial charge in [-0.25, -0.2) is 9.97 Å². The van der Waals surface area contributed by atoms with Gasteiger partial charge in [-0.05, 0) is 40.5 Å². The second-order valence-electron chi connectivity index (χ2n) is 8.27. The minimum absolute atomic E-state index is 0.000673. The van der Waals surface area contributed by atoms with E-state index in [9.17, 15) is 4.79 Å². The molecule has 3 rings (SSSR count). The van der Waals surface area contributed by atoms with Crippen LogP contribution < -0.4 is 16.1 Å². The predicted octanol–water partition coefficient (Wildman–Crippen LogP) is 1.64. The first-order valence-electron chi connectivity index (χ1n) is 9.39.